The fraction of sp³-hybridized carbons (Fsp3) is 0.227. The molecule has 3 heterocycles. The van der Waals surface area contributed by atoms with Crippen LogP contribution in [-0.2, 0) is 14.3 Å². The first kappa shape index (κ1) is 19.5. The molecule has 0 N–H and O–H groups in total. The molecule has 1 aliphatic rings. The number of carbonyl (C=O) groups is 2. The van der Waals surface area contributed by atoms with Crippen LogP contribution in [0.5, 0.6) is 0 Å². The van der Waals surface area contributed by atoms with Gasteiger partial charge in [-0.05, 0) is 30.3 Å². The van der Waals surface area contributed by atoms with Crippen molar-refractivity contribution in [1.29, 1.82) is 0 Å². The molecule has 0 unspecified atom stereocenters. The normalized spacial score (nSPS) is 14.3. The van der Waals surface area contributed by atoms with Crippen molar-refractivity contribution in [2.24, 2.45) is 0 Å². The molecule has 30 heavy (non-hydrogen) atoms. The van der Waals surface area contributed by atoms with Gasteiger partial charge in [-0.1, -0.05) is 18.2 Å². The number of ether oxygens (including phenoxy) is 1. The minimum atomic E-state index is -0.592. The van der Waals surface area contributed by atoms with Crippen molar-refractivity contribution < 1.29 is 14.3 Å². The average molecular weight is 403 g/mol. The predicted molar refractivity (Wildman–Crippen MR) is 113 cm³/mol. The number of hydrogen-bond acceptors (Lipinski definition) is 7. The molecule has 8 heteroatoms. The van der Waals surface area contributed by atoms with Crippen LogP contribution in [-0.4, -0.2) is 64.5 Å². The van der Waals surface area contributed by atoms with E-state index in [4.69, 9.17) is 4.74 Å². The van der Waals surface area contributed by atoms with Gasteiger partial charge in [0.15, 0.2) is 6.61 Å². The topological polar surface area (TPSA) is 88.5 Å². The van der Waals surface area contributed by atoms with Crippen molar-refractivity contribution in [2.75, 3.05) is 37.7 Å². The molecule has 1 fully saturated rings. The number of pyridine rings is 1. The Morgan fingerprint density at radius 3 is 2.50 bits per heavy atom. The predicted octanol–water partition coefficient (Wildman–Crippen LogP) is 1.93. The highest BCUT2D eigenvalue weighted by molar-refractivity contribution is 5.89. The Morgan fingerprint density at radius 2 is 1.73 bits per heavy atom. The Labute approximate surface area is 173 Å². The number of benzene rings is 1. The van der Waals surface area contributed by atoms with Crippen molar-refractivity contribution in [1.82, 2.24) is 19.9 Å². The van der Waals surface area contributed by atoms with E-state index in [-0.39, 0.29) is 12.5 Å². The van der Waals surface area contributed by atoms with E-state index < -0.39 is 5.97 Å². The van der Waals surface area contributed by atoms with Gasteiger partial charge in [-0.15, -0.1) is 0 Å². The molecule has 0 bridgehead atoms. The van der Waals surface area contributed by atoms with Gasteiger partial charge in [-0.2, -0.15) is 0 Å². The molecule has 0 saturated carbocycles. The van der Waals surface area contributed by atoms with Crippen LogP contribution in [0, 0.1) is 0 Å². The molecule has 4 rings (SSSR count). The largest absolute Gasteiger partial charge is 0.452 e. The number of carbonyl (C=O) groups excluding carboxylic acids is 2. The zero-order chi connectivity index (χ0) is 20.8. The van der Waals surface area contributed by atoms with Gasteiger partial charge in [0.25, 0.3) is 5.91 Å². The summed E-state index contributed by atoms with van der Waals surface area (Å²) in [4.78, 5) is 41.1. The lowest BCUT2D eigenvalue weighted by Gasteiger charge is -2.35. The first-order chi connectivity index (χ1) is 14.7. The van der Waals surface area contributed by atoms with Gasteiger partial charge in [-0.3, -0.25) is 9.78 Å². The van der Waals surface area contributed by atoms with E-state index in [1.807, 2.05) is 42.5 Å². The summed E-state index contributed by atoms with van der Waals surface area (Å²) in [5, 5.41) is 0. The quantitative estimate of drug-likeness (QED) is 0.475. The van der Waals surface area contributed by atoms with Gasteiger partial charge >= 0.3 is 5.97 Å². The fourth-order valence-corrected chi connectivity index (χ4v) is 3.20. The van der Waals surface area contributed by atoms with Crippen LogP contribution in [0.3, 0.4) is 0 Å². The Bertz CT molecular complexity index is 1060. The smallest absolute Gasteiger partial charge is 0.331 e. The number of nitrogens with zero attached hydrogens (tertiary/aromatic N) is 5. The maximum absolute atomic E-state index is 12.3. The first-order valence-corrected chi connectivity index (χ1v) is 9.69. The fourth-order valence-electron chi connectivity index (χ4n) is 3.20. The summed E-state index contributed by atoms with van der Waals surface area (Å²) in [5.41, 5.74) is 2.07. The third-order valence-corrected chi connectivity index (χ3v) is 4.80. The molecule has 1 aromatic carbocycles. The van der Waals surface area contributed by atoms with Crippen molar-refractivity contribution in [2.45, 2.75) is 0 Å². The zero-order valence-corrected chi connectivity index (χ0v) is 16.3. The van der Waals surface area contributed by atoms with Crippen molar-refractivity contribution >= 4 is 34.8 Å². The van der Waals surface area contributed by atoms with E-state index in [1.54, 1.807) is 17.3 Å². The van der Waals surface area contributed by atoms with Crippen molar-refractivity contribution in [3.8, 4) is 0 Å². The van der Waals surface area contributed by atoms with Gasteiger partial charge in [0.05, 0.1) is 22.9 Å². The highest BCUT2D eigenvalue weighted by atomic mass is 16.5. The molecule has 1 amide bonds. The lowest BCUT2D eigenvalue weighted by Crippen LogP contribution is -2.50. The number of para-hydroxylation sites is 2. The maximum atomic E-state index is 12.3. The maximum Gasteiger partial charge on any atom is 0.331 e. The highest BCUT2D eigenvalue weighted by Gasteiger charge is 2.22. The summed E-state index contributed by atoms with van der Waals surface area (Å²) >= 11 is 0. The van der Waals surface area contributed by atoms with Crippen LogP contribution in [0.4, 0.5) is 5.82 Å². The van der Waals surface area contributed by atoms with E-state index in [0.29, 0.717) is 31.9 Å². The molecule has 0 spiro atoms. The molecule has 0 atom stereocenters. The van der Waals surface area contributed by atoms with Crippen molar-refractivity contribution in [3.63, 3.8) is 0 Å². The lowest BCUT2D eigenvalue weighted by molar-refractivity contribution is -0.148. The van der Waals surface area contributed by atoms with Crippen LogP contribution in [0.2, 0.25) is 0 Å². The molecule has 0 aliphatic carbocycles. The molecular formula is C22H21N5O3. The van der Waals surface area contributed by atoms with E-state index in [0.717, 1.165) is 16.9 Å². The molecule has 2 aromatic heterocycles. The Hall–Kier alpha value is -3.81. The molecule has 1 aliphatic heterocycles. The van der Waals surface area contributed by atoms with Crippen molar-refractivity contribution in [3.05, 3.63) is 66.6 Å². The number of hydrogen-bond donors (Lipinski definition) is 0. The number of piperazine rings is 1. The molecule has 8 nitrogen and oxygen atoms in total. The van der Waals surface area contributed by atoms with Gasteiger partial charge in [0.1, 0.15) is 5.82 Å². The van der Waals surface area contributed by atoms with E-state index in [9.17, 15) is 9.59 Å². The monoisotopic (exact) mass is 403 g/mol. The Balaban J connectivity index is 1.24. The summed E-state index contributed by atoms with van der Waals surface area (Å²) in [5.74, 6) is 0.103. The molecule has 152 valence electrons. The standard InChI is InChI=1S/C22H21N5O3/c28-21(27-13-11-26(12-14-27)20-7-3-4-10-23-20)16-30-22(29)9-8-17-15-24-18-5-1-2-6-19(18)25-17/h1-10,15H,11-14,16H2/b9-8+. The van der Waals surface area contributed by atoms with Crippen LogP contribution in [0.15, 0.2) is 60.9 Å². The SMILES string of the molecule is O=C(/C=C/c1cnc2ccccc2n1)OCC(=O)N1CCN(c2ccccn2)CC1. The number of esters is 1. The van der Waals surface area contributed by atoms with E-state index in [1.165, 1.54) is 12.2 Å². The average Bonchev–Trinajstić information content (AvgIpc) is 2.81. The molecule has 3 aromatic rings. The molecule has 0 radical (unpaired) electrons. The second-order valence-electron chi connectivity index (χ2n) is 6.78. The molecular weight excluding hydrogens is 382 g/mol. The summed E-state index contributed by atoms with van der Waals surface area (Å²) in [7, 11) is 0. The van der Waals surface area contributed by atoms with E-state index in [2.05, 4.69) is 19.9 Å². The Morgan fingerprint density at radius 1 is 0.967 bits per heavy atom. The van der Waals surface area contributed by atoms with Crippen LogP contribution < -0.4 is 4.90 Å². The molecule has 1 saturated heterocycles. The van der Waals surface area contributed by atoms with Gasteiger partial charge in [-0.25, -0.2) is 14.8 Å². The summed E-state index contributed by atoms with van der Waals surface area (Å²) in [6, 6.07) is 13.2. The number of aromatic nitrogens is 3. The summed E-state index contributed by atoms with van der Waals surface area (Å²) in [6.45, 7) is 2.23. The third kappa shape index (κ3) is 4.78. The second-order valence-corrected chi connectivity index (χ2v) is 6.78. The second kappa shape index (κ2) is 9.13. The van der Waals surface area contributed by atoms with Crippen LogP contribution in [0.1, 0.15) is 5.69 Å². The van der Waals surface area contributed by atoms with Crippen LogP contribution >= 0.6 is 0 Å². The van der Waals surface area contributed by atoms with Crippen LogP contribution in [0.25, 0.3) is 17.1 Å². The number of anilines is 1. The third-order valence-electron chi connectivity index (χ3n) is 4.80. The number of amides is 1. The number of rotatable bonds is 5. The van der Waals surface area contributed by atoms with Gasteiger partial charge < -0.3 is 14.5 Å². The minimum absolute atomic E-state index is 0.206. The van der Waals surface area contributed by atoms with E-state index >= 15 is 0 Å². The lowest BCUT2D eigenvalue weighted by atomic mass is 10.3. The van der Waals surface area contributed by atoms with Gasteiger partial charge in [0, 0.05) is 38.5 Å². The number of fused-ring (bicyclic) bond motifs is 1. The minimum Gasteiger partial charge on any atom is -0.452 e. The highest BCUT2D eigenvalue weighted by Crippen LogP contribution is 2.13. The summed E-state index contributed by atoms with van der Waals surface area (Å²) in [6.07, 6.45) is 6.12. The van der Waals surface area contributed by atoms with Gasteiger partial charge in [0.2, 0.25) is 0 Å². The Kier molecular flexibility index (Phi) is 5.93. The first-order valence-electron chi connectivity index (χ1n) is 9.69. The zero-order valence-electron chi connectivity index (χ0n) is 16.3. The summed E-state index contributed by atoms with van der Waals surface area (Å²) < 4.78 is 5.09.